The van der Waals surface area contributed by atoms with Gasteiger partial charge < -0.3 is 5.73 Å². The van der Waals surface area contributed by atoms with E-state index in [9.17, 15) is 4.39 Å². The lowest BCUT2D eigenvalue weighted by Gasteiger charge is -2.30. The lowest BCUT2D eigenvalue weighted by atomic mass is 10.1. The first-order valence-electron chi connectivity index (χ1n) is 5.57. The van der Waals surface area contributed by atoms with Crippen LogP contribution in [0, 0.1) is 5.82 Å². The van der Waals surface area contributed by atoms with E-state index in [0.717, 1.165) is 38.0 Å². The van der Waals surface area contributed by atoms with Gasteiger partial charge in [0.15, 0.2) is 0 Å². The third-order valence-corrected chi connectivity index (χ3v) is 3.24. The molecule has 1 aromatic carbocycles. The molecule has 1 saturated heterocycles. The molecule has 2 nitrogen and oxygen atoms in total. The lowest BCUT2D eigenvalue weighted by Crippen LogP contribution is -2.42. The van der Waals surface area contributed by atoms with Gasteiger partial charge in [-0.25, -0.2) is 4.39 Å². The van der Waals surface area contributed by atoms with Crippen LogP contribution in [0.15, 0.2) is 18.2 Å². The van der Waals surface area contributed by atoms with E-state index in [0.29, 0.717) is 0 Å². The van der Waals surface area contributed by atoms with Gasteiger partial charge in [0.1, 0.15) is 5.82 Å². The second-order valence-electron chi connectivity index (χ2n) is 4.39. The average molecular weight is 279 g/mol. The van der Waals surface area contributed by atoms with Crippen LogP contribution in [0.1, 0.15) is 18.4 Å². The number of likely N-dealkylation sites (tertiary alicyclic amines) is 1. The molecule has 1 heterocycles. The molecule has 0 aromatic heterocycles. The number of rotatable bonds is 2. The maximum atomic E-state index is 13.2. The quantitative estimate of drug-likeness (QED) is 0.902. The van der Waals surface area contributed by atoms with Gasteiger partial charge in [0.2, 0.25) is 0 Å². The number of halogens is 3. The first kappa shape index (κ1) is 14.7. The van der Waals surface area contributed by atoms with Crippen molar-refractivity contribution in [3.05, 3.63) is 34.6 Å². The lowest BCUT2D eigenvalue weighted by molar-refractivity contribution is 0.201. The van der Waals surface area contributed by atoms with E-state index in [-0.39, 0.29) is 29.3 Å². The predicted molar refractivity (Wildman–Crippen MR) is 71.1 cm³/mol. The Morgan fingerprint density at radius 1 is 1.47 bits per heavy atom. The molecule has 1 aromatic rings. The molecule has 1 atom stereocenters. The zero-order valence-corrected chi connectivity index (χ0v) is 11.1. The molecule has 0 saturated carbocycles. The van der Waals surface area contributed by atoms with Gasteiger partial charge in [-0.15, -0.1) is 12.4 Å². The molecule has 1 unspecified atom stereocenters. The molecule has 0 spiro atoms. The molecular weight excluding hydrogens is 262 g/mol. The van der Waals surface area contributed by atoms with Gasteiger partial charge in [0, 0.05) is 19.1 Å². The summed E-state index contributed by atoms with van der Waals surface area (Å²) in [5.74, 6) is -0.347. The minimum Gasteiger partial charge on any atom is -0.327 e. The van der Waals surface area contributed by atoms with E-state index in [2.05, 4.69) is 4.90 Å². The molecule has 0 aliphatic carbocycles. The Hall–Kier alpha value is -0.350. The summed E-state index contributed by atoms with van der Waals surface area (Å²) in [6.45, 7) is 2.68. The summed E-state index contributed by atoms with van der Waals surface area (Å²) >= 11 is 5.64. The third kappa shape index (κ3) is 4.11. The summed E-state index contributed by atoms with van der Waals surface area (Å²) in [7, 11) is 0. The number of hydrogen-bond acceptors (Lipinski definition) is 2. The molecular formula is C12H17Cl2FN2. The third-order valence-electron chi connectivity index (χ3n) is 2.93. The maximum absolute atomic E-state index is 13.2. The van der Waals surface area contributed by atoms with Crippen LogP contribution in [0.3, 0.4) is 0 Å². The van der Waals surface area contributed by atoms with E-state index in [1.807, 2.05) is 6.07 Å². The fourth-order valence-corrected chi connectivity index (χ4v) is 2.25. The van der Waals surface area contributed by atoms with E-state index in [1.54, 1.807) is 6.07 Å². The molecule has 0 radical (unpaired) electrons. The summed E-state index contributed by atoms with van der Waals surface area (Å²) in [6.07, 6.45) is 2.21. The molecule has 1 aliphatic rings. The SMILES string of the molecule is Cl.NC1CCCN(Cc2ccc(Cl)c(F)c2)C1. The van der Waals surface area contributed by atoms with Crippen LogP contribution in [0.5, 0.6) is 0 Å². The number of hydrogen-bond donors (Lipinski definition) is 1. The minimum absolute atomic E-state index is 0. The Morgan fingerprint density at radius 2 is 2.24 bits per heavy atom. The highest BCUT2D eigenvalue weighted by molar-refractivity contribution is 6.30. The van der Waals surface area contributed by atoms with Crippen molar-refractivity contribution >= 4 is 24.0 Å². The van der Waals surface area contributed by atoms with Crippen LogP contribution in [0.25, 0.3) is 0 Å². The molecule has 17 heavy (non-hydrogen) atoms. The summed E-state index contributed by atoms with van der Waals surface area (Å²) in [4.78, 5) is 2.26. The summed E-state index contributed by atoms with van der Waals surface area (Å²) in [5.41, 5.74) is 6.85. The van der Waals surface area contributed by atoms with Crippen LogP contribution >= 0.6 is 24.0 Å². The highest BCUT2D eigenvalue weighted by Gasteiger charge is 2.16. The summed E-state index contributed by atoms with van der Waals surface area (Å²) in [6, 6.07) is 5.23. The van der Waals surface area contributed by atoms with Gasteiger partial charge in [-0.1, -0.05) is 17.7 Å². The molecule has 2 N–H and O–H groups in total. The fraction of sp³-hybridized carbons (Fsp3) is 0.500. The predicted octanol–water partition coefficient (Wildman–Crippen LogP) is 2.82. The number of benzene rings is 1. The Kier molecular flexibility index (Phi) is 5.67. The van der Waals surface area contributed by atoms with Crippen molar-refractivity contribution in [2.75, 3.05) is 13.1 Å². The monoisotopic (exact) mass is 278 g/mol. The first-order valence-corrected chi connectivity index (χ1v) is 5.95. The van der Waals surface area contributed by atoms with E-state index >= 15 is 0 Å². The minimum atomic E-state index is -0.347. The highest BCUT2D eigenvalue weighted by atomic mass is 35.5. The second-order valence-corrected chi connectivity index (χ2v) is 4.79. The van der Waals surface area contributed by atoms with Crippen molar-refractivity contribution < 1.29 is 4.39 Å². The normalized spacial score (nSPS) is 21.0. The van der Waals surface area contributed by atoms with Gasteiger partial charge in [-0.3, -0.25) is 4.90 Å². The highest BCUT2D eigenvalue weighted by Crippen LogP contribution is 2.18. The van der Waals surface area contributed by atoms with Crippen molar-refractivity contribution in [1.29, 1.82) is 0 Å². The largest absolute Gasteiger partial charge is 0.327 e. The van der Waals surface area contributed by atoms with Crippen LogP contribution in [-0.4, -0.2) is 24.0 Å². The topological polar surface area (TPSA) is 29.3 Å². The van der Waals surface area contributed by atoms with E-state index < -0.39 is 0 Å². The van der Waals surface area contributed by atoms with Crippen molar-refractivity contribution in [2.45, 2.75) is 25.4 Å². The van der Waals surface area contributed by atoms with Gasteiger partial charge in [-0.2, -0.15) is 0 Å². The zero-order chi connectivity index (χ0) is 11.5. The van der Waals surface area contributed by atoms with Crippen molar-refractivity contribution in [2.24, 2.45) is 5.73 Å². The Morgan fingerprint density at radius 3 is 2.88 bits per heavy atom. The van der Waals surface area contributed by atoms with E-state index in [4.69, 9.17) is 17.3 Å². The van der Waals surface area contributed by atoms with Crippen LogP contribution in [0.4, 0.5) is 4.39 Å². The van der Waals surface area contributed by atoms with Gasteiger partial charge >= 0.3 is 0 Å². The van der Waals surface area contributed by atoms with Crippen molar-refractivity contribution in [3.63, 3.8) is 0 Å². The Balaban J connectivity index is 0.00000144. The van der Waals surface area contributed by atoms with Gasteiger partial charge in [-0.05, 0) is 37.1 Å². The van der Waals surface area contributed by atoms with Crippen LogP contribution < -0.4 is 5.73 Å². The molecule has 1 aliphatic heterocycles. The number of piperidine rings is 1. The van der Waals surface area contributed by atoms with Crippen molar-refractivity contribution in [3.8, 4) is 0 Å². The second kappa shape index (κ2) is 6.55. The zero-order valence-electron chi connectivity index (χ0n) is 9.53. The van der Waals surface area contributed by atoms with Gasteiger partial charge in [0.05, 0.1) is 5.02 Å². The average Bonchev–Trinajstić information content (AvgIpc) is 2.24. The Bertz CT molecular complexity index is 374. The molecule has 96 valence electrons. The first-order chi connectivity index (χ1) is 7.65. The summed E-state index contributed by atoms with van der Waals surface area (Å²) in [5, 5.41) is 0.180. The molecule has 0 amide bonds. The number of nitrogens with zero attached hydrogens (tertiary/aromatic N) is 1. The molecule has 2 rings (SSSR count). The smallest absolute Gasteiger partial charge is 0.142 e. The van der Waals surface area contributed by atoms with E-state index in [1.165, 1.54) is 6.07 Å². The molecule has 0 bridgehead atoms. The van der Waals surface area contributed by atoms with Crippen molar-refractivity contribution in [1.82, 2.24) is 4.90 Å². The molecule has 1 fully saturated rings. The Labute approximate surface area is 112 Å². The van der Waals surface area contributed by atoms with Crippen LogP contribution in [0.2, 0.25) is 5.02 Å². The van der Waals surface area contributed by atoms with Crippen LogP contribution in [-0.2, 0) is 6.54 Å². The number of nitrogens with two attached hydrogens (primary N) is 1. The van der Waals surface area contributed by atoms with Gasteiger partial charge in [0.25, 0.3) is 0 Å². The standard InChI is InChI=1S/C12H16ClFN2.ClH/c13-11-4-3-9(6-12(11)14)7-16-5-1-2-10(15)8-16;/h3-4,6,10H,1-2,5,7-8,15H2;1H. The summed E-state index contributed by atoms with van der Waals surface area (Å²) < 4.78 is 13.2. The molecule has 5 heteroatoms. The maximum Gasteiger partial charge on any atom is 0.142 e. The fourth-order valence-electron chi connectivity index (χ4n) is 2.13.